The van der Waals surface area contributed by atoms with Gasteiger partial charge in [0.1, 0.15) is 0 Å². The molecular formula is C9H14N2O2S. The van der Waals surface area contributed by atoms with Crippen molar-refractivity contribution >= 4 is 17.3 Å². The molecule has 0 bridgehead atoms. The summed E-state index contributed by atoms with van der Waals surface area (Å²) in [6.07, 6.45) is 0. The van der Waals surface area contributed by atoms with Gasteiger partial charge in [0.15, 0.2) is 0 Å². The number of hydrogen-bond donors (Lipinski definition) is 1. The minimum absolute atomic E-state index is 0.0394. The number of hydrogen-bond acceptors (Lipinski definition) is 4. The molecule has 14 heavy (non-hydrogen) atoms. The first-order valence-corrected chi connectivity index (χ1v) is 5.22. The molecule has 0 amide bonds. The van der Waals surface area contributed by atoms with E-state index in [-0.39, 0.29) is 12.6 Å². The molecule has 0 radical (unpaired) electrons. The third-order valence-electron chi connectivity index (χ3n) is 2.11. The molecule has 1 N–H and O–H groups in total. The Labute approximate surface area is 87.2 Å². The van der Waals surface area contributed by atoms with Gasteiger partial charge in [0, 0.05) is 5.38 Å². The lowest BCUT2D eigenvalue weighted by Crippen LogP contribution is -2.28. The molecule has 1 rings (SSSR count). The zero-order valence-corrected chi connectivity index (χ0v) is 9.34. The first-order valence-electron chi connectivity index (χ1n) is 4.34. The van der Waals surface area contributed by atoms with Crippen molar-refractivity contribution in [3.05, 3.63) is 16.1 Å². The first kappa shape index (κ1) is 11.1. The summed E-state index contributed by atoms with van der Waals surface area (Å²) >= 11 is 1.58. The summed E-state index contributed by atoms with van der Waals surface area (Å²) in [5, 5.41) is 11.6. The van der Waals surface area contributed by atoms with Gasteiger partial charge in [-0.2, -0.15) is 0 Å². The number of aliphatic carboxylic acids is 1. The van der Waals surface area contributed by atoms with Gasteiger partial charge in [-0.05, 0) is 20.9 Å². The molecule has 78 valence electrons. The van der Waals surface area contributed by atoms with Crippen molar-refractivity contribution in [2.45, 2.75) is 19.9 Å². The zero-order chi connectivity index (χ0) is 10.7. The molecule has 0 aromatic carbocycles. The van der Waals surface area contributed by atoms with Crippen LogP contribution < -0.4 is 0 Å². The van der Waals surface area contributed by atoms with Crippen LogP contribution in [0.4, 0.5) is 0 Å². The Bertz CT molecular complexity index is 324. The van der Waals surface area contributed by atoms with E-state index in [2.05, 4.69) is 4.98 Å². The van der Waals surface area contributed by atoms with Crippen LogP contribution in [0, 0.1) is 6.92 Å². The number of rotatable bonds is 4. The van der Waals surface area contributed by atoms with Crippen LogP contribution >= 0.6 is 11.3 Å². The van der Waals surface area contributed by atoms with E-state index in [0.29, 0.717) is 0 Å². The van der Waals surface area contributed by atoms with Gasteiger partial charge in [-0.25, -0.2) is 4.98 Å². The first-order chi connectivity index (χ1) is 6.50. The quantitative estimate of drug-likeness (QED) is 0.825. The lowest BCUT2D eigenvalue weighted by atomic mass is 10.2. The van der Waals surface area contributed by atoms with Crippen molar-refractivity contribution in [2.75, 3.05) is 13.6 Å². The van der Waals surface area contributed by atoms with E-state index in [0.717, 1.165) is 10.7 Å². The lowest BCUT2D eigenvalue weighted by Gasteiger charge is -2.20. The third kappa shape index (κ3) is 2.78. The minimum Gasteiger partial charge on any atom is -0.480 e. The highest BCUT2D eigenvalue weighted by Crippen LogP contribution is 2.20. The smallest absolute Gasteiger partial charge is 0.317 e. The Morgan fingerprint density at radius 2 is 2.43 bits per heavy atom. The highest BCUT2D eigenvalue weighted by atomic mass is 32.1. The number of nitrogens with zero attached hydrogens (tertiary/aromatic N) is 2. The van der Waals surface area contributed by atoms with E-state index in [1.165, 1.54) is 0 Å². The largest absolute Gasteiger partial charge is 0.480 e. The van der Waals surface area contributed by atoms with Crippen molar-refractivity contribution in [1.82, 2.24) is 9.88 Å². The molecule has 1 aromatic heterocycles. The van der Waals surface area contributed by atoms with Gasteiger partial charge in [0.25, 0.3) is 0 Å². The van der Waals surface area contributed by atoms with Crippen LogP contribution in [0.15, 0.2) is 5.38 Å². The molecule has 1 heterocycles. The Morgan fingerprint density at radius 1 is 1.79 bits per heavy atom. The van der Waals surface area contributed by atoms with Gasteiger partial charge in [0.2, 0.25) is 0 Å². The number of aryl methyl sites for hydroxylation is 1. The van der Waals surface area contributed by atoms with Crippen molar-refractivity contribution in [3.8, 4) is 0 Å². The van der Waals surface area contributed by atoms with Gasteiger partial charge >= 0.3 is 5.97 Å². The molecule has 0 saturated heterocycles. The molecule has 0 saturated carbocycles. The van der Waals surface area contributed by atoms with E-state index < -0.39 is 5.97 Å². The predicted molar refractivity (Wildman–Crippen MR) is 55.5 cm³/mol. The second-order valence-electron chi connectivity index (χ2n) is 3.28. The Kier molecular flexibility index (Phi) is 3.60. The van der Waals surface area contributed by atoms with Crippen molar-refractivity contribution < 1.29 is 9.90 Å². The van der Waals surface area contributed by atoms with Gasteiger partial charge in [-0.15, -0.1) is 11.3 Å². The molecule has 1 unspecified atom stereocenters. The fourth-order valence-electron chi connectivity index (χ4n) is 1.15. The molecule has 0 fully saturated rings. The number of carboxylic acid groups (broad SMARTS) is 1. The van der Waals surface area contributed by atoms with Gasteiger partial charge in [-0.3, -0.25) is 9.69 Å². The van der Waals surface area contributed by atoms with Gasteiger partial charge in [-0.1, -0.05) is 0 Å². The van der Waals surface area contributed by atoms with Crippen molar-refractivity contribution in [3.63, 3.8) is 0 Å². The van der Waals surface area contributed by atoms with Gasteiger partial charge < -0.3 is 5.11 Å². The highest BCUT2D eigenvalue weighted by Gasteiger charge is 2.16. The average Bonchev–Trinajstić information content (AvgIpc) is 2.49. The molecule has 1 atom stereocenters. The topological polar surface area (TPSA) is 53.4 Å². The molecular weight excluding hydrogens is 200 g/mol. The fraction of sp³-hybridized carbons (Fsp3) is 0.556. The monoisotopic (exact) mass is 214 g/mol. The number of thiazole rings is 1. The van der Waals surface area contributed by atoms with Gasteiger partial charge in [0.05, 0.1) is 23.3 Å². The summed E-state index contributed by atoms with van der Waals surface area (Å²) in [6, 6.07) is 0.0519. The van der Waals surface area contributed by atoms with Crippen LogP contribution in [-0.2, 0) is 4.79 Å². The van der Waals surface area contributed by atoms with E-state index in [9.17, 15) is 4.79 Å². The van der Waals surface area contributed by atoms with E-state index in [1.807, 2.05) is 19.2 Å². The number of likely N-dealkylation sites (N-methyl/N-ethyl adjacent to an activating group) is 1. The highest BCUT2D eigenvalue weighted by molar-refractivity contribution is 7.09. The average molecular weight is 214 g/mol. The van der Waals surface area contributed by atoms with E-state index in [4.69, 9.17) is 5.11 Å². The minimum atomic E-state index is -0.814. The molecule has 0 aliphatic rings. The molecule has 0 aliphatic carbocycles. The summed E-state index contributed by atoms with van der Waals surface area (Å²) in [5.41, 5.74) is 0.941. The maximum absolute atomic E-state index is 10.5. The van der Waals surface area contributed by atoms with E-state index >= 15 is 0 Å². The fourth-order valence-corrected chi connectivity index (χ4v) is 1.85. The van der Waals surface area contributed by atoms with Crippen LogP contribution in [0.3, 0.4) is 0 Å². The summed E-state index contributed by atoms with van der Waals surface area (Å²) in [7, 11) is 1.79. The van der Waals surface area contributed by atoms with Crippen LogP contribution in [0.25, 0.3) is 0 Å². The third-order valence-corrected chi connectivity index (χ3v) is 2.90. The Hall–Kier alpha value is -0.940. The van der Waals surface area contributed by atoms with Crippen LogP contribution in [0.1, 0.15) is 23.7 Å². The molecule has 0 spiro atoms. The molecule has 1 aromatic rings. The standard InChI is InChI=1S/C9H14N2O2S/c1-6(11(3)4-9(12)13)8-5-14-7(2)10-8/h5-6H,4H2,1-3H3,(H,12,13). The summed E-state index contributed by atoms with van der Waals surface area (Å²) in [5.74, 6) is -0.814. The van der Waals surface area contributed by atoms with E-state index in [1.54, 1.807) is 23.3 Å². The second-order valence-corrected chi connectivity index (χ2v) is 4.34. The summed E-state index contributed by atoms with van der Waals surface area (Å²) < 4.78 is 0. The van der Waals surface area contributed by atoms with Crippen molar-refractivity contribution in [2.24, 2.45) is 0 Å². The van der Waals surface area contributed by atoms with Crippen LogP contribution in [-0.4, -0.2) is 34.6 Å². The number of carboxylic acids is 1. The SMILES string of the molecule is Cc1nc(C(C)N(C)CC(=O)O)cs1. The zero-order valence-electron chi connectivity index (χ0n) is 8.52. The predicted octanol–water partition coefficient (Wildman–Crippen LogP) is 1.53. The Morgan fingerprint density at radius 3 is 2.86 bits per heavy atom. The van der Waals surface area contributed by atoms with Crippen molar-refractivity contribution in [1.29, 1.82) is 0 Å². The number of aromatic nitrogens is 1. The molecule has 0 aliphatic heterocycles. The Balaban J connectivity index is 2.65. The number of carbonyl (C=O) groups is 1. The molecule has 4 nitrogen and oxygen atoms in total. The lowest BCUT2D eigenvalue weighted by molar-refractivity contribution is -0.138. The van der Waals surface area contributed by atoms with Crippen LogP contribution in [0.5, 0.6) is 0 Å². The normalized spacial score (nSPS) is 13.1. The maximum atomic E-state index is 10.5. The molecule has 5 heteroatoms. The maximum Gasteiger partial charge on any atom is 0.317 e. The van der Waals surface area contributed by atoms with Crippen LogP contribution in [0.2, 0.25) is 0 Å². The summed E-state index contributed by atoms with van der Waals surface area (Å²) in [4.78, 5) is 16.6. The second kappa shape index (κ2) is 4.52. The summed E-state index contributed by atoms with van der Waals surface area (Å²) in [6.45, 7) is 3.94.